The Hall–Kier alpha value is -3.54. The van der Waals surface area contributed by atoms with Gasteiger partial charge in [0.05, 0.1) is 31.5 Å². The van der Waals surface area contributed by atoms with Crippen molar-refractivity contribution in [3.05, 3.63) is 76.5 Å². The van der Waals surface area contributed by atoms with Gasteiger partial charge in [-0.2, -0.15) is 0 Å². The van der Waals surface area contributed by atoms with Gasteiger partial charge in [0.25, 0.3) is 5.91 Å². The zero-order chi connectivity index (χ0) is 23.8. The van der Waals surface area contributed by atoms with Crippen LogP contribution in [0.15, 0.2) is 65.4 Å². The maximum Gasteiger partial charge on any atom is 0.340 e. The summed E-state index contributed by atoms with van der Waals surface area (Å²) in [6, 6.07) is 15.5. The Labute approximate surface area is 195 Å². The van der Waals surface area contributed by atoms with Gasteiger partial charge in [-0.25, -0.2) is 4.79 Å². The molecule has 0 aromatic heterocycles. The van der Waals surface area contributed by atoms with Crippen LogP contribution in [0.5, 0.6) is 11.5 Å². The molecule has 0 atom stereocenters. The average Bonchev–Trinajstić information content (AvgIpc) is 3.06. The number of allylic oxidation sites excluding steroid dienone is 1. The van der Waals surface area contributed by atoms with E-state index in [1.165, 1.54) is 7.11 Å². The summed E-state index contributed by atoms with van der Waals surface area (Å²) < 4.78 is 16.5. The lowest BCUT2D eigenvalue weighted by Gasteiger charge is -2.17. The zero-order valence-corrected chi connectivity index (χ0v) is 19.7. The molecule has 0 unspecified atom stereocenters. The fraction of sp³-hybridized carbons (Fsp3) is 0.333. The first-order valence-corrected chi connectivity index (χ1v) is 11.3. The summed E-state index contributed by atoms with van der Waals surface area (Å²) >= 11 is 0. The predicted molar refractivity (Wildman–Crippen MR) is 128 cm³/mol. The van der Waals surface area contributed by atoms with Crippen molar-refractivity contribution < 1.29 is 23.8 Å². The number of benzene rings is 2. The van der Waals surface area contributed by atoms with Crippen LogP contribution >= 0.6 is 0 Å². The van der Waals surface area contributed by atoms with Crippen molar-refractivity contribution in [2.45, 2.75) is 33.6 Å². The van der Waals surface area contributed by atoms with Crippen molar-refractivity contribution in [3.8, 4) is 11.5 Å². The van der Waals surface area contributed by atoms with Gasteiger partial charge in [0.2, 0.25) is 0 Å². The van der Waals surface area contributed by atoms with Crippen LogP contribution in [0.3, 0.4) is 0 Å². The maximum atomic E-state index is 13.3. The average molecular weight is 450 g/mol. The van der Waals surface area contributed by atoms with E-state index in [0.717, 1.165) is 17.5 Å². The van der Waals surface area contributed by atoms with Crippen LogP contribution < -0.4 is 9.47 Å². The largest absolute Gasteiger partial charge is 0.490 e. The molecule has 0 saturated heterocycles. The highest BCUT2D eigenvalue weighted by Crippen LogP contribution is 2.34. The highest BCUT2D eigenvalue weighted by atomic mass is 16.5. The standard InChI is InChI=1S/C27H31NO5/c1-5-16-33-23-13-12-21(18-24(23)32-6-2)17-22-25(27(30)31-4)19(3)28(26(22)29)15-14-20-10-8-7-9-11-20/h7-13,17-18H,5-6,14-16H2,1-4H3/b22-17-. The molecule has 0 fully saturated rings. The number of rotatable bonds is 10. The van der Waals surface area contributed by atoms with E-state index in [4.69, 9.17) is 14.2 Å². The van der Waals surface area contributed by atoms with Crippen molar-refractivity contribution in [2.24, 2.45) is 0 Å². The molecule has 33 heavy (non-hydrogen) atoms. The summed E-state index contributed by atoms with van der Waals surface area (Å²) in [5.74, 6) is 0.519. The van der Waals surface area contributed by atoms with E-state index in [-0.39, 0.29) is 5.91 Å². The van der Waals surface area contributed by atoms with E-state index in [2.05, 4.69) is 0 Å². The van der Waals surface area contributed by atoms with Crippen LogP contribution in [0, 0.1) is 0 Å². The number of carbonyl (C=O) groups is 2. The molecule has 1 amide bonds. The minimum Gasteiger partial charge on any atom is -0.490 e. The van der Waals surface area contributed by atoms with Gasteiger partial charge in [0.1, 0.15) is 0 Å². The van der Waals surface area contributed by atoms with Gasteiger partial charge in [0.15, 0.2) is 11.5 Å². The second-order valence-corrected chi connectivity index (χ2v) is 7.69. The van der Waals surface area contributed by atoms with Crippen LogP contribution in [-0.2, 0) is 20.7 Å². The van der Waals surface area contributed by atoms with Gasteiger partial charge in [-0.1, -0.05) is 43.3 Å². The molecule has 0 spiro atoms. The van der Waals surface area contributed by atoms with Gasteiger partial charge in [0, 0.05) is 12.2 Å². The number of esters is 1. The third-order valence-corrected chi connectivity index (χ3v) is 5.41. The Bertz CT molecular complexity index is 1060. The minimum atomic E-state index is -0.526. The number of hydrogen-bond donors (Lipinski definition) is 0. The van der Waals surface area contributed by atoms with Crippen molar-refractivity contribution in [1.29, 1.82) is 0 Å². The molecule has 1 aliphatic rings. The second-order valence-electron chi connectivity index (χ2n) is 7.69. The molecule has 0 aliphatic carbocycles. The molecular formula is C27H31NO5. The molecule has 2 aromatic carbocycles. The van der Waals surface area contributed by atoms with Gasteiger partial charge in [-0.3, -0.25) is 4.79 Å². The van der Waals surface area contributed by atoms with Crippen LogP contribution in [-0.4, -0.2) is 43.6 Å². The maximum absolute atomic E-state index is 13.3. The van der Waals surface area contributed by atoms with E-state index < -0.39 is 5.97 Å². The first-order chi connectivity index (χ1) is 16.0. The molecule has 0 N–H and O–H groups in total. The van der Waals surface area contributed by atoms with E-state index in [1.807, 2.05) is 62.4 Å². The molecule has 3 rings (SSSR count). The van der Waals surface area contributed by atoms with Gasteiger partial charge in [-0.15, -0.1) is 0 Å². The summed E-state index contributed by atoms with van der Waals surface area (Å²) in [5, 5.41) is 0. The highest BCUT2D eigenvalue weighted by molar-refractivity contribution is 6.16. The van der Waals surface area contributed by atoms with Crippen LogP contribution in [0.25, 0.3) is 6.08 Å². The Balaban J connectivity index is 1.93. The fourth-order valence-corrected chi connectivity index (χ4v) is 3.76. The SMILES string of the molecule is CCCOc1ccc(/C=C2\C(=O)N(CCc3ccccc3)C(C)=C2C(=O)OC)cc1OCC. The molecule has 6 heteroatoms. The molecule has 1 aliphatic heterocycles. The number of carbonyl (C=O) groups excluding carboxylic acids is 2. The molecule has 1 heterocycles. The number of methoxy groups -OCH3 is 1. The lowest BCUT2D eigenvalue weighted by atomic mass is 10.0. The summed E-state index contributed by atoms with van der Waals surface area (Å²) in [5.41, 5.74) is 3.07. The van der Waals surface area contributed by atoms with Crippen LogP contribution in [0.4, 0.5) is 0 Å². The zero-order valence-electron chi connectivity index (χ0n) is 19.7. The lowest BCUT2D eigenvalue weighted by Crippen LogP contribution is -2.27. The smallest absolute Gasteiger partial charge is 0.340 e. The van der Waals surface area contributed by atoms with Crippen LogP contribution in [0.2, 0.25) is 0 Å². The van der Waals surface area contributed by atoms with Crippen molar-refractivity contribution in [3.63, 3.8) is 0 Å². The van der Waals surface area contributed by atoms with Crippen molar-refractivity contribution in [1.82, 2.24) is 4.90 Å². The van der Waals surface area contributed by atoms with E-state index in [1.54, 1.807) is 17.9 Å². The Morgan fingerprint density at radius 1 is 1.03 bits per heavy atom. The van der Waals surface area contributed by atoms with Gasteiger partial charge >= 0.3 is 5.97 Å². The molecule has 0 radical (unpaired) electrons. The Morgan fingerprint density at radius 3 is 2.45 bits per heavy atom. The molecular weight excluding hydrogens is 418 g/mol. The Kier molecular flexibility index (Phi) is 8.30. The monoisotopic (exact) mass is 449 g/mol. The summed E-state index contributed by atoms with van der Waals surface area (Å²) in [4.78, 5) is 27.6. The van der Waals surface area contributed by atoms with Crippen molar-refractivity contribution in [2.75, 3.05) is 26.9 Å². The van der Waals surface area contributed by atoms with Crippen molar-refractivity contribution >= 4 is 18.0 Å². The lowest BCUT2D eigenvalue weighted by molar-refractivity contribution is -0.136. The fourth-order valence-electron chi connectivity index (χ4n) is 3.76. The van der Waals surface area contributed by atoms with E-state index in [9.17, 15) is 9.59 Å². The van der Waals surface area contributed by atoms with E-state index in [0.29, 0.717) is 54.5 Å². The van der Waals surface area contributed by atoms with Gasteiger partial charge < -0.3 is 19.1 Å². The first kappa shape index (κ1) is 24.1. The molecule has 0 saturated carbocycles. The second kappa shape index (κ2) is 11.4. The normalized spacial score (nSPS) is 14.7. The topological polar surface area (TPSA) is 65.1 Å². The minimum absolute atomic E-state index is 0.215. The van der Waals surface area contributed by atoms with Gasteiger partial charge in [-0.05, 0) is 56.0 Å². The molecule has 174 valence electrons. The number of amides is 1. The molecule has 6 nitrogen and oxygen atoms in total. The quantitative estimate of drug-likeness (QED) is 0.385. The summed E-state index contributed by atoms with van der Waals surface area (Å²) in [7, 11) is 1.32. The third kappa shape index (κ3) is 5.64. The third-order valence-electron chi connectivity index (χ3n) is 5.41. The highest BCUT2D eigenvalue weighted by Gasteiger charge is 2.36. The summed E-state index contributed by atoms with van der Waals surface area (Å²) in [6.07, 6.45) is 3.29. The molecule has 2 aromatic rings. The predicted octanol–water partition coefficient (Wildman–Crippen LogP) is 4.79. The number of hydrogen-bond acceptors (Lipinski definition) is 5. The first-order valence-electron chi connectivity index (χ1n) is 11.3. The summed E-state index contributed by atoms with van der Waals surface area (Å²) in [6.45, 7) is 7.27. The molecule has 0 bridgehead atoms. The van der Waals surface area contributed by atoms with Crippen LogP contribution in [0.1, 0.15) is 38.3 Å². The Morgan fingerprint density at radius 2 is 1.79 bits per heavy atom. The number of nitrogens with zero attached hydrogens (tertiary/aromatic N) is 1. The van der Waals surface area contributed by atoms with E-state index >= 15 is 0 Å². The number of ether oxygens (including phenoxy) is 3.